The van der Waals surface area contributed by atoms with Crippen LogP contribution in [-0.2, 0) is 9.47 Å². The minimum Gasteiger partial charge on any atom is -0.444 e. The number of hydrogen-bond acceptors (Lipinski definition) is 5. The topological polar surface area (TPSA) is 87.2 Å². The molecule has 1 fully saturated rings. The van der Waals surface area contributed by atoms with Gasteiger partial charge in [0.1, 0.15) is 5.60 Å². The zero-order valence-electron chi connectivity index (χ0n) is 21.4. The molecule has 32 heavy (non-hydrogen) atoms. The highest BCUT2D eigenvalue weighted by atomic mass is 127. The van der Waals surface area contributed by atoms with E-state index in [1.165, 1.54) is 12.8 Å². The van der Waals surface area contributed by atoms with E-state index in [9.17, 15) is 4.79 Å². The Morgan fingerprint density at radius 3 is 2.22 bits per heavy atom. The van der Waals surface area contributed by atoms with Crippen LogP contribution in [0.5, 0.6) is 0 Å². The van der Waals surface area contributed by atoms with Crippen LogP contribution in [0.1, 0.15) is 67.2 Å². The average molecular weight is 570 g/mol. The number of guanidine groups is 1. The zero-order valence-corrected chi connectivity index (χ0v) is 23.7. The van der Waals surface area contributed by atoms with Crippen LogP contribution in [0.25, 0.3) is 0 Å². The number of nitrogens with zero attached hydrogens (tertiary/aromatic N) is 2. The Hall–Kier alpha value is -0.810. The summed E-state index contributed by atoms with van der Waals surface area (Å²) in [6.07, 6.45) is 3.55. The molecule has 3 N–H and O–H groups in total. The van der Waals surface area contributed by atoms with Crippen LogP contribution in [0.15, 0.2) is 4.99 Å². The van der Waals surface area contributed by atoms with Gasteiger partial charge in [0.15, 0.2) is 5.96 Å². The standard InChI is InChI=1S/C23H47N5O3.HI/c1-8-23(9-2,27-21(29)31-22(4,5)6)18-26-20(24-10-3)25-17-19-11-13-28(14-12-19)15-16-30-7;/h19H,8-18H2,1-7H3,(H,27,29)(H2,24,25,26);1H. The van der Waals surface area contributed by atoms with Crippen molar-refractivity contribution in [2.45, 2.75) is 78.4 Å². The van der Waals surface area contributed by atoms with Gasteiger partial charge in [-0.25, -0.2) is 4.79 Å². The second-order valence-electron chi connectivity index (χ2n) is 9.47. The zero-order chi connectivity index (χ0) is 23.3. The first kappa shape index (κ1) is 31.2. The second-order valence-corrected chi connectivity index (χ2v) is 9.47. The minimum absolute atomic E-state index is 0. The number of likely N-dealkylation sites (tertiary alicyclic amines) is 1. The number of piperidine rings is 1. The molecular formula is C23H48IN5O3. The number of halogens is 1. The lowest BCUT2D eigenvalue weighted by atomic mass is 9.93. The summed E-state index contributed by atoms with van der Waals surface area (Å²) < 4.78 is 10.7. The Bertz CT molecular complexity index is 542. The summed E-state index contributed by atoms with van der Waals surface area (Å²) in [5, 5.41) is 9.92. The van der Waals surface area contributed by atoms with Gasteiger partial charge < -0.3 is 30.3 Å². The molecular weight excluding hydrogens is 521 g/mol. The molecule has 0 unspecified atom stereocenters. The summed E-state index contributed by atoms with van der Waals surface area (Å²) in [6, 6.07) is 0. The predicted molar refractivity (Wildman–Crippen MR) is 143 cm³/mol. The van der Waals surface area contributed by atoms with E-state index in [0.717, 1.165) is 58.1 Å². The monoisotopic (exact) mass is 569 g/mol. The Morgan fingerprint density at radius 2 is 1.72 bits per heavy atom. The molecule has 0 saturated carbocycles. The van der Waals surface area contributed by atoms with E-state index >= 15 is 0 Å². The van der Waals surface area contributed by atoms with Gasteiger partial charge >= 0.3 is 6.09 Å². The van der Waals surface area contributed by atoms with Crippen molar-refractivity contribution in [3.8, 4) is 0 Å². The molecule has 1 heterocycles. The quantitative estimate of drug-likeness (QED) is 0.200. The molecule has 1 rings (SSSR count). The van der Waals surface area contributed by atoms with E-state index in [1.54, 1.807) is 7.11 Å². The fourth-order valence-corrected chi connectivity index (χ4v) is 3.66. The van der Waals surface area contributed by atoms with Crippen LogP contribution >= 0.6 is 24.0 Å². The first-order valence-electron chi connectivity index (χ1n) is 11.9. The second kappa shape index (κ2) is 15.9. The van der Waals surface area contributed by atoms with Crippen molar-refractivity contribution >= 4 is 36.0 Å². The molecule has 0 bridgehead atoms. The molecule has 1 amide bonds. The highest BCUT2D eigenvalue weighted by molar-refractivity contribution is 14.0. The van der Waals surface area contributed by atoms with E-state index < -0.39 is 11.1 Å². The van der Waals surface area contributed by atoms with Gasteiger partial charge in [-0.1, -0.05) is 13.8 Å². The van der Waals surface area contributed by atoms with Crippen molar-refractivity contribution in [3.05, 3.63) is 0 Å². The number of carbonyl (C=O) groups excluding carboxylic acids is 1. The number of amides is 1. The molecule has 190 valence electrons. The van der Waals surface area contributed by atoms with Crippen LogP contribution in [0.3, 0.4) is 0 Å². The van der Waals surface area contributed by atoms with Gasteiger partial charge in [0.25, 0.3) is 0 Å². The Balaban J connectivity index is 0.00000961. The lowest BCUT2D eigenvalue weighted by Gasteiger charge is -2.33. The molecule has 1 aliphatic rings. The number of aliphatic imine (C=N–C) groups is 1. The number of carbonyl (C=O) groups is 1. The van der Waals surface area contributed by atoms with Crippen molar-refractivity contribution in [2.24, 2.45) is 10.9 Å². The molecule has 0 aromatic rings. The summed E-state index contributed by atoms with van der Waals surface area (Å²) in [4.78, 5) is 19.6. The first-order chi connectivity index (χ1) is 14.7. The van der Waals surface area contributed by atoms with Crippen LogP contribution in [-0.4, -0.2) is 81.1 Å². The average Bonchev–Trinajstić information content (AvgIpc) is 2.72. The van der Waals surface area contributed by atoms with Crippen LogP contribution in [0.2, 0.25) is 0 Å². The van der Waals surface area contributed by atoms with Crippen molar-refractivity contribution in [3.63, 3.8) is 0 Å². The van der Waals surface area contributed by atoms with Crippen LogP contribution in [0, 0.1) is 5.92 Å². The third kappa shape index (κ3) is 12.4. The lowest BCUT2D eigenvalue weighted by molar-refractivity contribution is 0.0452. The highest BCUT2D eigenvalue weighted by Crippen LogP contribution is 2.18. The van der Waals surface area contributed by atoms with Gasteiger partial charge in [0.2, 0.25) is 0 Å². The summed E-state index contributed by atoms with van der Waals surface area (Å²) in [7, 11) is 1.76. The largest absolute Gasteiger partial charge is 0.444 e. The summed E-state index contributed by atoms with van der Waals surface area (Å²) in [5.41, 5.74) is -0.937. The maximum Gasteiger partial charge on any atom is 0.408 e. The van der Waals surface area contributed by atoms with E-state index in [1.807, 2.05) is 20.8 Å². The maximum absolute atomic E-state index is 12.4. The number of rotatable bonds is 11. The fourth-order valence-electron chi connectivity index (χ4n) is 3.66. The SMILES string of the molecule is CCNC(=NCC(CC)(CC)NC(=O)OC(C)(C)C)NCC1CCN(CCOC)CC1.I. The molecule has 0 aromatic heterocycles. The molecule has 0 atom stereocenters. The molecule has 9 heteroatoms. The van der Waals surface area contributed by atoms with E-state index in [2.05, 4.69) is 41.6 Å². The normalized spacial score (nSPS) is 16.3. The minimum atomic E-state index is -0.518. The summed E-state index contributed by atoms with van der Waals surface area (Å²) in [6.45, 7) is 18.1. The molecule has 0 aromatic carbocycles. The summed E-state index contributed by atoms with van der Waals surface area (Å²) >= 11 is 0. The highest BCUT2D eigenvalue weighted by Gasteiger charge is 2.30. The third-order valence-corrected chi connectivity index (χ3v) is 5.88. The molecule has 0 radical (unpaired) electrons. The van der Waals surface area contributed by atoms with E-state index in [-0.39, 0.29) is 30.1 Å². The number of alkyl carbamates (subject to hydrolysis) is 1. The Kier molecular flexibility index (Phi) is 15.5. The Labute approximate surface area is 213 Å². The van der Waals surface area contributed by atoms with Crippen molar-refractivity contribution in [1.29, 1.82) is 0 Å². The summed E-state index contributed by atoms with van der Waals surface area (Å²) in [5.74, 6) is 1.45. The van der Waals surface area contributed by atoms with Gasteiger partial charge in [-0.15, -0.1) is 24.0 Å². The Morgan fingerprint density at radius 1 is 1.09 bits per heavy atom. The van der Waals surface area contributed by atoms with Crippen LogP contribution in [0.4, 0.5) is 4.79 Å². The molecule has 0 spiro atoms. The van der Waals surface area contributed by atoms with Gasteiger partial charge in [-0.05, 0) is 72.4 Å². The fraction of sp³-hybridized carbons (Fsp3) is 0.913. The molecule has 1 saturated heterocycles. The lowest BCUT2D eigenvalue weighted by Crippen LogP contribution is -2.52. The van der Waals surface area contributed by atoms with Gasteiger partial charge in [0.05, 0.1) is 18.7 Å². The van der Waals surface area contributed by atoms with Gasteiger partial charge in [-0.2, -0.15) is 0 Å². The smallest absolute Gasteiger partial charge is 0.408 e. The molecule has 8 nitrogen and oxygen atoms in total. The van der Waals surface area contributed by atoms with E-state index in [0.29, 0.717) is 12.5 Å². The van der Waals surface area contributed by atoms with Crippen molar-refractivity contribution in [1.82, 2.24) is 20.9 Å². The van der Waals surface area contributed by atoms with Gasteiger partial charge in [-0.3, -0.25) is 4.99 Å². The van der Waals surface area contributed by atoms with Crippen molar-refractivity contribution < 1.29 is 14.3 Å². The molecule has 0 aliphatic carbocycles. The number of hydrogen-bond donors (Lipinski definition) is 3. The maximum atomic E-state index is 12.4. The van der Waals surface area contributed by atoms with Crippen LogP contribution < -0.4 is 16.0 Å². The first-order valence-corrected chi connectivity index (χ1v) is 11.9. The van der Waals surface area contributed by atoms with Crippen molar-refractivity contribution in [2.75, 3.05) is 53.0 Å². The predicted octanol–water partition coefficient (Wildman–Crippen LogP) is 3.60. The number of nitrogens with one attached hydrogen (secondary N) is 3. The number of methoxy groups -OCH3 is 1. The van der Waals surface area contributed by atoms with Gasteiger partial charge in [0, 0.05) is 26.7 Å². The van der Waals surface area contributed by atoms with E-state index in [4.69, 9.17) is 14.5 Å². The molecule has 1 aliphatic heterocycles. The number of ether oxygens (including phenoxy) is 2. The third-order valence-electron chi connectivity index (χ3n) is 5.88.